The van der Waals surface area contributed by atoms with Gasteiger partial charge in [0.15, 0.2) is 0 Å². The van der Waals surface area contributed by atoms with Gasteiger partial charge >= 0.3 is 0 Å². The van der Waals surface area contributed by atoms with Gasteiger partial charge in [-0.15, -0.1) is 23.2 Å². The Kier molecular flexibility index (Phi) is 6.10. The molecule has 1 N–H and O–H groups in total. The summed E-state index contributed by atoms with van der Waals surface area (Å²) < 4.78 is 0. The van der Waals surface area contributed by atoms with Crippen LogP contribution in [0.1, 0.15) is 59.9 Å². The van der Waals surface area contributed by atoms with Gasteiger partial charge in [0.1, 0.15) is 15.8 Å². The number of imide groups is 1. The molecule has 7 heteroatoms. The van der Waals surface area contributed by atoms with E-state index < -0.39 is 39.4 Å². The summed E-state index contributed by atoms with van der Waals surface area (Å²) in [6.45, 7) is 0. The molecule has 1 heterocycles. The van der Waals surface area contributed by atoms with Crippen molar-refractivity contribution in [2.24, 2.45) is 11.8 Å². The molecule has 4 aliphatic carbocycles. The lowest BCUT2D eigenvalue weighted by Crippen LogP contribution is -2.57. The number of amides is 3. The van der Waals surface area contributed by atoms with Gasteiger partial charge in [0.25, 0.3) is 0 Å². The Morgan fingerprint density at radius 1 is 0.750 bits per heavy atom. The van der Waals surface area contributed by atoms with Gasteiger partial charge in [-0.05, 0) is 40.7 Å². The van der Waals surface area contributed by atoms with Crippen molar-refractivity contribution in [2.45, 2.75) is 60.4 Å². The average Bonchev–Trinajstić information content (AvgIpc) is 3.26. The zero-order valence-electron chi connectivity index (χ0n) is 22.0. The standard InChI is InChI=1S/C33H30Cl2N2O3/c34-32-22-15-7-8-16-23(22)33(35,25-18-10-9-17-24(25)32)28-27(32)30(39)37(31(28)40)26(19-20-11-3-1-4-12-20)29(38)36-21-13-5-2-6-14-21/h1,3-4,7-12,15-18,21,26-28H,2,5-6,13-14,19H2,(H,36,38)/t26-,27-,28+,32?,33?/m1/s1. The molecule has 204 valence electrons. The molecule has 0 aromatic heterocycles. The number of benzene rings is 3. The summed E-state index contributed by atoms with van der Waals surface area (Å²) in [5.41, 5.74) is 3.88. The molecule has 3 atom stereocenters. The first-order valence-electron chi connectivity index (χ1n) is 14.2. The number of carbonyl (C=O) groups excluding carboxylic acids is 3. The van der Waals surface area contributed by atoms with E-state index in [9.17, 15) is 14.4 Å². The summed E-state index contributed by atoms with van der Waals surface area (Å²) in [4.78, 5) is 41.6. The number of hydrogen-bond acceptors (Lipinski definition) is 3. The predicted molar refractivity (Wildman–Crippen MR) is 154 cm³/mol. The first kappa shape index (κ1) is 25.8. The number of rotatable bonds is 5. The molecule has 8 rings (SSSR count). The van der Waals surface area contributed by atoms with Crippen molar-refractivity contribution < 1.29 is 14.4 Å². The molecule has 1 aliphatic heterocycles. The van der Waals surface area contributed by atoms with Gasteiger partial charge in [-0.2, -0.15) is 0 Å². The summed E-state index contributed by atoms with van der Waals surface area (Å²) in [6.07, 6.45) is 5.29. The Hall–Kier alpha value is -3.15. The van der Waals surface area contributed by atoms with Crippen molar-refractivity contribution >= 4 is 40.9 Å². The van der Waals surface area contributed by atoms with E-state index in [1.165, 1.54) is 4.90 Å². The molecule has 3 amide bonds. The number of hydrogen-bond donors (Lipinski definition) is 1. The molecule has 2 fully saturated rings. The van der Waals surface area contributed by atoms with E-state index in [4.69, 9.17) is 23.2 Å². The Bertz CT molecular complexity index is 1400. The molecule has 2 bridgehead atoms. The topological polar surface area (TPSA) is 66.5 Å². The Morgan fingerprint density at radius 2 is 1.20 bits per heavy atom. The molecule has 3 aromatic rings. The smallest absolute Gasteiger partial charge is 0.243 e. The molecular formula is C33H30Cl2N2O3. The van der Waals surface area contributed by atoms with E-state index in [0.717, 1.165) is 59.9 Å². The average molecular weight is 574 g/mol. The minimum atomic E-state index is -1.27. The zero-order valence-corrected chi connectivity index (χ0v) is 23.5. The third-order valence-corrected chi connectivity index (χ3v) is 10.7. The number of carbonyl (C=O) groups is 3. The first-order chi connectivity index (χ1) is 19.4. The monoisotopic (exact) mass is 572 g/mol. The van der Waals surface area contributed by atoms with Crippen LogP contribution < -0.4 is 5.32 Å². The summed E-state index contributed by atoms with van der Waals surface area (Å²) in [5, 5.41) is 3.18. The lowest BCUT2D eigenvalue weighted by atomic mass is 9.54. The van der Waals surface area contributed by atoms with Crippen LogP contribution in [-0.2, 0) is 30.6 Å². The maximum atomic E-state index is 14.5. The summed E-state index contributed by atoms with van der Waals surface area (Å²) in [5.74, 6) is -3.02. The van der Waals surface area contributed by atoms with Crippen molar-refractivity contribution in [3.05, 3.63) is 107 Å². The Morgan fingerprint density at radius 3 is 1.68 bits per heavy atom. The number of nitrogens with one attached hydrogen (secondary N) is 1. The molecule has 1 saturated heterocycles. The maximum absolute atomic E-state index is 14.5. The molecule has 0 spiro atoms. The fraction of sp³-hybridized carbons (Fsp3) is 0.364. The highest BCUT2D eigenvalue weighted by molar-refractivity contribution is 6.36. The second-order valence-corrected chi connectivity index (χ2v) is 12.8. The molecule has 0 radical (unpaired) electrons. The van der Waals surface area contributed by atoms with E-state index in [0.29, 0.717) is 0 Å². The molecule has 3 aromatic carbocycles. The van der Waals surface area contributed by atoms with Crippen LogP contribution in [0.15, 0.2) is 78.9 Å². The first-order valence-corrected chi connectivity index (χ1v) is 14.9. The SMILES string of the molecule is O=C(NC1CCCCC1)[C@@H](Cc1ccccc1)N1C(=O)[C@@H]2[C@H](C1=O)C1(Cl)c3ccccc3C2(Cl)c2ccccc21. The molecule has 40 heavy (non-hydrogen) atoms. The lowest BCUT2D eigenvalue weighted by Gasteiger charge is -2.54. The van der Waals surface area contributed by atoms with E-state index in [1.54, 1.807) is 0 Å². The van der Waals surface area contributed by atoms with Crippen molar-refractivity contribution in [1.82, 2.24) is 10.2 Å². The van der Waals surface area contributed by atoms with Crippen molar-refractivity contribution in [3.8, 4) is 0 Å². The summed E-state index contributed by atoms with van der Waals surface area (Å²) in [7, 11) is 0. The van der Waals surface area contributed by atoms with Crippen molar-refractivity contribution in [3.63, 3.8) is 0 Å². The van der Waals surface area contributed by atoms with E-state index in [1.807, 2.05) is 78.9 Å². The molecular weight excluding hydrogens is 543 g/mol. The molecule has 0 unspecified atom stereocenters. The van der Waals surface area contributed by atoms with Crippen LogP contribution in [0.3, 0.4) is 0 Å². The largest absolute Gasteiger partial charge is 0.352 e. The van der Waals surface area contributed by atoms with Crippen LogP contribution in [0, 0.1) is 11.8 Å². The van der Waals surface area contributed by atoms with Crippen molar-refractivity contribution in [2.75, 3.05) is 0 Å². The fourth-order valence-corrected chi connectivity index (χ4v) is 8.78. The van der Waals surface area contributed by atoms with E-state index in [2.05, 4.69) is 5.32 Å². The van der Waals surface area contributed by atoms with Crippen LogP contribution in [0.2, 0.25) is 0 Å². The van der Waals surface area contributed by atoms with Crippen LogP contribution in [0.4, 0.5) is 0 Å². The summed E-state index contributed by atoms with van der Waals surface area (Å²) in [6, 6.07) is 23.7. The van der Waals surface area contributed by atoms with Crippen LogP contribution in [-0.4, -0.2) is 34.7 Å². The molecule has 1 saturated carbocycles. The third kappa shape index (κ3) is 3.50. The predicted octanol–water partition coefficient (Wildman–Crippen LogP) is 5.64. The van der Waals surface area contributed by atoms with Gasteiger partial charge < -0.3 is 5.32 Å². The van der Waals surface area contributed by atoms with Gasteiger partial charge in [0.05, 0.1) is 11.8 Å². The number of nitrogens with zero attached hydrogens (tertiary/aromatic N) is 1. The Labute approximate surface area is 243 Å². The van der Waals surface area contributed by atoms with Crippen molar-refractivity contribution in [1.29, 1.82) is 0 Å². The van der Waals surface area contributed by atoms with Gasteiger partial charge in [0, 0.05) is 12.5 Å². The quantitative estimate of drug-likeness (QED) is 0.318. The van der Waals surface area contributed by atoms with Gasteiger partial charge in [-0.3, -0.25) is 19.3 Å². The van der Waals surface area contributed by atoms with Crippen LogP contribution in [0.5, 0.6) is 0 Å². The highest BCUT2D eigenvalue weighted by atomic mass is 35.5. The lowest BCUT2D eigenvalue weighted by molar-refractivity contribution is -0.148. The Balaban J connectivity index is 1.35. The van der Waals surface area contributed by atoms with Crippen LogP contribution in [0.25, 0.3) is 0 Å². The van der Waals surface area contributed by atoms with Crippen LogP contribution >= 0.6 is 23.2 Å². The second kappa shape index (κ2) is 9.46. The number of alkyl halides is 2. The third-order valence-electron chi connectivity index (χ3n) is 9.46. The molecule has 5 aliphatic rings. The highest BCUT2D eigenvalue weighted by Crippen LogP contribution is 2.69. The fourth-order valence-electron chi connectivity index (χ4n) is 7.68. The van der Waals surface area contributed by atoms with Gasteiger partial charge in [0.2, 0.25) is 17.7 Å². The zero-order chi connectivity index (χ0) is 27.6. The van der Waals surface area contributed by atoms with Gasteiger partial charge in [-0.25, -0.2) is 0 Å². The normalized spacial score (nSPS) is 29.5. The minimum absolute atomic E-state index is 0.0398. The molecule has 5 nitrogen and oxygen atoms in total. The maximum Gasteiger partial charge on any atom is 0.243 e. The van der Waals surface area contributed by atoms with Gasteiger partial charge in [-0.1, -0.05) is 98.1 Å². The second-order valence-electron chi connectivity index (χ2n) is 11.6. The van der Waals surface area contributed by atoms with E-state index >= 15 is 0 Å². The highest BCUT2D eigenvalue weighted by Gasteiger charge is 2.73. The number of likely N-dealkylation sites (tertiary alicyclic amines) is 1. The number of halogens is 2. The van der Waals surface area contributed by atoms with E-state index in [-0.39, 0.29) is 18.4 Å². The minimum Gasteiger partial charge on any atom is -0.352 e. The summed E-state index contributed by atoms with van der Waals surface area (Å²) >= 11 is 15.2.